The quantitative estimate of drug-likeness (QED) is 0.734. The minimum Gasteiger partial charge on any atom is -0.379 e. The van der Waals surface area contributed by atoms with Crippen molar-refractivity contribution in [2.75, 3.05) is 19.8 Å². The summed E-state index contributed by atoms with van der Waals surface area (Å²) in [6, 6.07) is -0.177. The molecule has 1 aliphatic carbocycles. The first-order valence-corrected chi connectivity index (χ1v) is 6.15. The third kappa shape index (κ3) is 2.23. The first kappa shape index (κ1) is 11.9. The zero-order chi connectivity index (χ0) is 11.8. The fourth-order valence-electron chi connectivity index (χ4n) is 2.21. The average molecular weight is 226 g/mol. The highest BCUT2D eigenvalue weighted by atomic mass is 16.5. The van der Waals surface area contributed by atoms with E-state index in [4.69, 9.17) is 10.5 Å². The van der Waals surface area contributed by atoms with Crippen LogP contribution in [0.15, 0.2) is 0 Å². The summed E-state index contributed by atoms with van der Waals surface area (Å²) in [5, 5.41) is 3.02. The topological polar surface area (TPSA) is 64.3 Å². The zero-order valence-corrected chi connectivity index (χ0v) is 10.2. The normalized spacial score (nSPS) is 36.1. The number of nitrogens with one attached hydrogen (secondary N) is 1. The Morgan fingerprint density at radius 1 is 1.62 bits per heavy atom. The maximum absolute atomic E-state index is 12.1. The van der Waals surface area contributed by atoms with Gasteiger partial charge in [0.2, 0.25) is 5.91 Å². The molecule has 3 N–H and O–H groups in total. The Labute approximate surface area is 96.9 Å². The molecule has 2 rings (SSSR count). The minimum atomic E-state index is -0.538. The molecule has 92 valence electrons. The summed E-state index contributed by atoms with van der Waals surface area (Å²) in [4.78, 5) is 12.1. The van der Waals surface area contributed by atoms with E-state index in [1.165, 1.54) is 12.8 Å². The standard InChI is InChI=1S/C12H22N2O2/c1-8(9-3-4-9)5-14-11(15)12(2)7-16-6-10(12)13/h8-10H,3-7,13H2,1-2H3,(H,14,15). The molecular weight excluding hydrogens is 204 g/mol. The van der Waals surface area contributed by atoms with Gasteiger partial charge in [-0.3, -0.25) is 4.79 Å². The highest BCUT2D eigenvalue weighted by Gasteiger charge is 2.44. The number of rotatable bonds is 4. The molecule has 0 radical (unpaired) electrons. The highest BCUT2D eigenvalue weighted by molar-refractivity contribution is 5.83. The SMILES string of the molecule is CC(CNC(=O)C1(C)COCC1N)C1CC1. The van der Waals surface area contributed by atoms with E-state index < -0.39 is 5.41 Å². The van der Waals surface area contributed by atoms with Crippen molar-refractivity contribution < 1.29 is 9.53 Å². The lowest BCUT2D eigenvalue weighted by Gasteiger charge is -2.26. The Bertz CT molecular complexity index is 278. The van der Waals surface area contributed by atoms with Crippen LogP contribution in [0, 0.1) is 17.3 Å². The van der Waals surface area contributed by atoms with Gasteiger partial charge in [0.1, 0.15) is 0 Å². The minimum absolute atomic E-state index is 0.0463. The van der Waals surface area contributed by atoms with Crippen LogP contribution in [0.2, 0.25) is 0 Å². The van der Waals surface area contributed by atoms with Crippen molar-refractivity contribution in [1.29, 1.82) is 0 Å². The summed E-state index contributed by atoms with van der Waals surface area (Å²) in [7, 11) is 0. The molecule has 0 bridgehead atoms. The average Bonchev–Trinajstić information content (AvgIpc) is 3.04. The molecule has 4 heteroatoms. The van der Waals surface area contributed by atoms with Gasteiger partial charge in [-0.15, -0.1) is 0 Å². The van der Waals surface area contributed by atoms with E-state index in [1.807, 2.05) is 6.92 Å². The maximum Gasteiger partial charge on any atom is 0.229 e. The number of carbonyl (C=O) groups excluding carboxylic acids is 1. The summed E-state index contributed by atoms with van der Waals surface area (Å²) in [6.45, 7) is 5.79. The lowest BCUT2D eigenvalue weighted by atomic mass is 9.84. The van der Waals surface area contributed by atoms with Gasteiger partial charge in [-0.25, -0.2) is 0 Å². The van der Waals surface area contributed by atoms with Crippen molar-refractivity contribution >= 4 is 5.91 Å². The Morgan fingerprint density at radius 2 is 2.31 bits per heavy atom. The monoisotopic (exact) mass is 226 g/mol. The summed E-state index contributed by atoms with van der Waals surface area (Å²) in [6.07, 6.45) is 2.63. The maximum atomic E-state index is 12.1. The van der Waals surface area contributed by atoms with Crippen molar-refractivity contribution in [3.63, 3.8) is 0 Å². The second kappa shape index (κ2) is 4.34. The number of ether oxygens (including phenoxy) is 1. The fourth-order valence-corrected chi connectivity index (χ4v) is 2.21. The van der Waals surface area contributed by atoms with E-state index in [-0.39, 0.29) is 11.9 Å². The molecule has 4 nitrogen and oxygen atoms in total. The first-order valence-electron chi connectivity index (χ1n) is 6.15. The second-order valence-corrected chi connectivity index (χ2v) is 5.56. The number of hydrogen-bond donors (Lipinski definition) is 2. The second-order valence-electron chi connectivity index (χ2n) is 5.56. The summed E-state index contributed by atoms with van der Waals surface area (Å²) in [5.74, 6) is 1.46. The highest BCUT2D eigenvalue weighted by Crippen LogP contribution is 2.36. The zero-order valence-electron chi connectivity index (χ0n) is 10.2. The number of carbonyl (C=O) groups is 1. The summed E-state index contributed by atoms with van der Waals surface area (Å²) in [5.41, 5.74) is 5.37. The lowest BCUT2D eigenvalue weighted by Crippen LogP contribution is -2.50. The molecule has 1 aliphatic heterocycles. The Morgan fingerprint density at radius 3 is 2.81 bits per heavy atom. The van der Waals surface area contributed by atoms with E-state index in [9.17, 15) is 4.79 Å². The van der Waals surface area contributed by atoms with Gasteiger partial charge in [0, 0.05) is 12.6 Å². The molecule has 3 unspecified atom stereocenters. The molecular formula is C12H22N2O2. The molecule has 1 heterocycles. The smallest absolute Gasteiger partial charge is 0.229 e. The Hall–Kier alpha value is -0.610. The largest absolute Gasteiger partial charge is 0.379 e. The van der Waals surface area contributed by atoms with Crippen molar-refractivity contribution in [3.05, 3.63) is 0 Å². The van der Waals surface area contributed by atoms with Gasteiger partial charge in [0.25, 0.3) is 0 Å². The molecule has 0 aromatic heterocycles. The van der Waals surface area contributed by atoms with Crippen LogP contribution in [0.5, 0.6) is 0 Å². The molecule has 16 heavy (non-hydrogen) atoms. The molecule has 1 saturated heterocycles. The van der Waals surface area contributed by atoms with E-state index in [0.29, 0.717) is 19.1 Å². The van der Waals surface area contributed by atoms with Crippen LogP contribution >= 0.6 is 0 Å². The van der Waals surface area contributed by atoms with Crippen molar-refractivity contribution in [2.45, 2.75) is 32.7 Å². The summed E-state index contributed by atoms with van der Waals surface area (Å²) >= 11 is 0. The van der Waals surface area contributed by atoms with Crippen LogP contribution in [0.4, 0.5) is 0 Å². The lowest BCUT2D eigenvalue weighted by molar-refractivity contribution is -0.130. The molecule has 1 saturated carbocycles. The van der Waals surface area contributed by atoms with Crippen LogP contribution in [-0.2, 0) is 9.53 Å². The van der Waals surface area contributed by atoms with Gasteiger partial charge in [-0.2, -0.15) is 0 Å². The Balaban J connectivity index is 1.82. The van der Waals surface area contributed by atoms with Gasteiger partial charge in [-0.05, 0) is 31.6 Å². The van der Waals surface area contributed by atoms with E-state index in [0.717, 1.165) is 12.5 Å². The van der Waals surface area contributed by atoms with Gasteiger partial charge in [0.05, 0.1) is 18.6 Å². The number of hydrogen-bond acceptors (Lipinski definition) is 3. The molecule has 2 fully saturated rings. The molecule has 0 spiro atoms. The summed E-state index contributed by atoms with van der Waals surface area (Å²) < 4.78 is 5.27. The molecule has 0 aromatic rings. The predicted octanol–water partition coefficient (Wildman–Crippen LogP) is 0.513. The van der Waals surface area contributed by atoms with Crippen molar-refractivity contribution in [2.24, 2.45) is 23.0 Å². The van der Waals surface area contributed by atoms with Gasteiger partial charge < -0.3 is 15.8 Å². The Kier molecular flexibility index (Phi) is 3.22. The van der Waals surface area contributed by atoms with Crippen LogP contribution in [0.1, 0.15) is 26.7 Å². The molecule has 1 amide bonds. The van der Waals surface area contributed by atoms with E-state index in [2.05, 4.69) is 12.2 Å². The van der Waals surface area contributed by atoms with Crippen LogP contribution in [0.3, 0.4) is 0 Å². The molecule has 2 aliphatic rings. The van der Waals surface area contributed by atoms with Crippen LogP contribution < -0.4 is 11.1 Å². The van der Waals surface area contributed by atoms with Gasteiger partial charge in [-0.1, -0.05) is 6.92 Å². The predicted molar refractivity (Wildman–Crippen MR) is 61.8 cm³/mol. The van der Waals surface area contributed by atoms with Crippen LogP contribution in [0.25, 0.3) is 0 Å². The van der Waals surface area contributed by atoms with E-state index in [1.54, 1.807) is 0 Å². The fraction of sp³-hybridized carbons (Fsp3) is 0.917. The molecule has 0 aromatic carbocycles. The van der Waals surface area contributed by atoms with Crippen LogP contribution in [-0.4, -0.2) is 31.7 Å². The van der Waals surface area contributed by atoms with Gasteiger partial charge in [0.15, 0.2) is 0 Å². The van der Waals surface area contributed by atoms with Gasteiger partial charge >= 0.3 is 0 Å². The number of nitrogens with two attached hydrogens (primary N) is 1. The van der Waals surface area contributed by atoms with Crippen molar-refractivity contribution in [3.8, 4) is 0 Å². The molecule has 3 atom stereocenters. The van der Waals surface area contributed by atoms with Crippen molar-refractivity contribution in [1.82, 2.24) is 5.32 Å². The number of amides is 1. The third-order valence-corrected chi connectivity index (χ3v) is 4.05. The third-order valence-electron chi connectivity index (χ3n) is 4.05. The first-order chi connectivity index (χ1) is 7.54. The van der Waals surface area contributed by atoms with E-state index >= 15 is 0 Å².